The van der Waals surface area contributed by atoms with Crippen molar-refractivity contribution in [1.82, 2.24) is 5.43 Å². The van der Waals surface area contributed by atoms with Crippen LogP contribution >= 0.6 is 11.3 Å². The molecule has 1 fully saturated rings. The fraction of sp³-hybridized carbons (Fsp3) is 0.500. The Morgan fingerprint density at radius 1 is 1.42 bits per heavy atom. The second kappa shape index (κ2) is 6.42. The molecule has 1 saturated carbocycles. The Balaban J connectivity index is 1.84. The molecule has 19 heavy (non-hydrogen) atoms. The van der Waals surface area contributed by atoms with Gasteiger partial charge in [0, 0.05) is 12.0 Å². The molecule has 0 bridgehead atoms. The van der Waals surface area contributed by atoms with Crippen LogP contribution in [0.2, 0.25) is 0 Å². The van der Waals surface area contributed by atoms with E-state index in [1.54, 1.807) is 6.07 Å². The number of thiophene rings is 1. The van der Waals surface area contributed by atoms with Crippen LogP contribution < -0.4 is 5.43 Å². The maximum absolute atomic E-state index is 11.8. The average molecular weight is 281 g/mol. The zero-order valence-electron chi connectivity index (χ0n) is 10.4. The van der Waals surface area contributed by atoms with Gasteiger partial charge >= 0.3 is 5.00 Å². The van der Waals surface area contributed by atoms with Crippen molar-refractivity contribution in [1.29, 1.82) is 0 Å². The Bertz CT molecular complexity index is 492. The quantitative estimate of drug-likeness (QED) is 0.523. The first-order valence-corrected chi connectivity index (χ1v) is 7.05. The van der Waals surface area contributed by atoms with Gasteiger partial charge < -0.3 is 0 Å². The van der Waals surface area contributed by atoms with Crippen LogP contribution in [-0.2, 0) is 4.79 Å². The zero-order chi connectivity index (χ0) is 13.7. The minimum Gasteiger partial charge on any atom is -0.273 e. The van der Waals surface area contributed by atoms with Gasteiger partial charge in [0.25, 0.3) is 0 Å². The molecule has 0 aromatic carbocycles. The van der Waals surface area contributed by atoms with Crippen molar-refractivity contribution < 1.29 is 9.72 Å². The summed E-state index contributed by atoms with van der Waals surface area (Å²) in [6.45, 7) is 0. The number of carbonyl (C=O) groups excluding carboxylic acids is 1. The number of nitro groups is 1. The number of amides is 1. The summed E-state index contributed by atoms with van der Waals surface area (Å²) in [4.78, 5) is 22.5. The van der Waals surface area contributed by atoms with Gasteiger partial charge in [0.2, 0.25) is 5.91 Å². The molecule has 1 amide bonds. The van der Waals surface area contributed by atoms with E-state index in [0.29, 0.717) is 4.88 Å². The Morgan fingerprint density at radius 2 is 2.16 bits per heavy atom. The van der Waals surface area contributed by atoms with E-state index in [2.05, 4.69) is 10.5 Å². The molecule has 1 heterocycles. The monoisotopic (exact) mass is 281 g/mol. The van der Waals surface area contributed by atoms with E-state index in [1.807, 2.05) is 0 Å². The van der Waals surface area contributed by atoms with Crippen molar-refractivity contribution in [2.24, 2.45) is 11.0 Å². The predicted molar refractivity (Wildman–Crippen MR) is 73.3 cm³/mol. The van der Waals surface area contributed by atoms with Gasteiger partial charge in [-0.25, -0.2) is 5.43 Å². The molecule has 7 heteroatoms. The molecule has 0 unspecified atom stereocenters. The largest absolute Gasteiger partial charge is 0.324 e. The van der Waals surface area contributed by atoms with E-state index >= 15 is 0 Å². The SMILES string of the molecule is O=C(N/N=C\c1ccc([N+](=O)[O-])s1)C1CCCCC1. The van der Waals surface area contributed by atoms with Crippen molar-refractivity contribution in [3.63, 3.8) is 0 Å². The summed E-state index contributed by atoms with van der Waals surface area (Å²) in [5.74, 6) is 0.00516. The minimum atomic E-state index is -0.442. The predicted octanol–water partition coefficient (Wildman–Crippen LogP) is 2.69. The smallest absolute Gasteiger partial charge is 0.273 e. The highest BCUT2D eigenvalue weighted by Crippen LogP contribution is 2.24. The van der Waals surface area contributed by atoms with Crippen LogP contribution in [0.1, 0.15) is 37.0 Å². The van der Waals surface area contributed by atoms with Gasteiger partial charge in [-0.3, -0.25) is 14.9 Å². The lowest BCUT2D eigenvalue weighted by Gasteiger charge is -2.19. The lowest BCUT2D eigenvalue weighted by Crippen LogP contribution is -2.28. The van der Waals surface area contributed by atoms with Gasteiger partial charge in [-0.1, -0.05) is 30.6 Å². The number of nitrogens with zero attached hydrogens (tertiary/aromatic N) is 2. The molecular formula is C12H15N3O3S. The number of nitrogens with one attached hydrogen (secondary N) is 1. The summed E-state index contributed by atoms with van der Waals surface area (Å²) in [5, 5.41) is 14.4. The normalized spacial score (nSPS) is 16.6. The van der Waals surface area contributed by atoms with E-state index in [0.717, 1.165) is 37.0 Å². The molecule has 0 radical (unpaired) electrons. The van der Waals surface area contributed by atoms with Gasteiger partial charge in [-0.2, -0.15) is 5.10 Å². The molecule has 1 aliphatic carbocycles. The molecule has 0 saturated heterocycles. The second-order valence-electron chi connectivity index (χ2n) is 4.50. The van der Waals surface area contributed by atoms with E-state index in [9.17, 15) is 14.9 Å². The average Bonchev–Trinajstić information content (AvgIpc) is 2.89. The maximum Gasteiger partial charge on any atom is 0.324 e. The number of hydrazone groups is 1. The van der Waals surface area contributed by atoms with Crippen LogP contribution in [-0.4, -0.2) is 17.0 Å². The molecule has 0 aliphatic heterocycles. The summed E-state index contributed by atoms with van der Waals surface area (Å²) < 4.78 is 0. The standard InChI is InChI=1S/C12H15N3O3S/c16-12(9-4-2-1-3-5-9)14-13-8-10-6-7-11(19-10)15(17)18/h6-9H,1-5H2,(H,14,16)/b13-8-. The van der Waals surface area contributed by atoms with Crippen LogP contribution in [0.3, 0.4) is 0 Å². The molecule has 0 spiro atoms. The fourth-order valence-corrected chi connectivity index (χ4v) is 2.82. The first kappa shape index (κ1) is 13.7. The highest BCUT2D eigenvalue weighted by Gasteiger charge is 2.20. The second-order valence-corrected chi connectivity index (χ2v) is 5.60. The van der Waals surface area contributed by atoms with Gasteiger partial charge in [0.15, 0.2) is 0 Å². The number of hydrogen-bond acceptors (Lipinski definition) is 5. The van der Waals surface area contributed by atoms with Gasteiger partial charge in [0.1, 0.15) is 0 Å². The summed E-state index contributed by atoms with van der Waals surface area (Å²) in [6.07, 6.45) is 6.68. The molecule has 1 aromatic heterocycles. The van der Waals surface area contributed by atoms with Crippen molar-refractivity contribution in [3.8, 4) is 0 Å². The van der Waals surface area contributed by atoms with Crippen LogP contribution in [0.15, 0.2) is 17.2 Å². The summed E-state index contributed by atoms with van der Waals surface area (Å²) in [6, 6.07) is 3.04. The Labute approximate surface area is 114 Å². The fourth-order valence-electron chi connectivity index (χ4n) is 2.13. The molecule has 102 valence electrons. The van der Waals surface area contributed by atoms with E-state index in [4.69, 9.17) is 0 Å². The number of carbonyl (C=O) groups is 1. The number of rotatable bonds is 4. The molecular weight excluding hydrogens is 266 g/mol. The maximum atomic E-state index is 11.8. The highest BCUT2D eigenvalue weighted by molar-refractivity contribution is 7.16. The van der Waals surface area contributed by atoms with Crippen molar-refractivity contribution in [2.45, 2.75) is 32.1 Å². The molecule has 1 N–H and O–H groups in total. The Hall–Kier alpha value is -1.76. The third kappa shape index (κ3) is 3.85. The van der Waals surface area contributed by atoms with E-state index in [1.165, 1.54) is 18.7 Å². The molecule has 0 atom stereocenters. The van der Waals surface area contributed by atoms with Gasteiger partial charge in [-0.05, 0) is 18.9 Å². The Morgan fingerprint density at radius 3 is 2.79 bits per heavy atom. The van der Waals surface area contributed by atoms with Gasteiger partial charge in [-0.15, -0.1) is 0 Å². The highest BCUT2D eigenvalue weighted by atomic mass is 32.1. The minimum absolute atomic E-state index is 0.0537. The van der Waals surface area contributed by atoms with Crippen LogP contribution in [0.4, 0.5) is 5.00 Å². The first-order valence-electron chi connectivity index (χ1n) is 6.24. The van der Waals surface area contributed by atoms with E-state index in [-0.39, 0.29) is 16.8 Å². The summed E-state index contributed by atoms with van der Waals surface area (Å²) >= 11 is 1.03. The summed E-state index contributed by atoms with van der Waals surface area (Å²) in [7, 11) is 0. The third-order valence-electron chi connectivity index (χ3n) is 3.14. The van der Waals surface area contributed by atoms with Crippen LogP contribution in [0.5, 0.6) is 0 Å². The molecule has 6 nitrogen and oxygen atoms in total. The lowest BCUT2D eigenvalue weighted by atomic mass is 9.89. The van der Waals surface area contributed by atoms with Gasteiger partial charge in [0.05, 0.1) is 16.0 Å². The van der Waals surface area contributed by atoms with Crippen molar-refractivity contribution in [3.05, 3.63) is 27.1 Å². The molecule has 1 aromatic rings. The topological polar surface area (TPSA) is 84.6 Å². The molecule has 2 rings (SSSR count). The van der Waals surface area contributed by atoms with Crippen molar-refractivity contribution >= 4 is 28.5 Å². The third-order valence-corrected chi connectivity index (χ3v) is 4.11. The number of hydrogen-bond donors (Lipinski definition) is 1. The van der Waals surface area contributed by atoms with Crippen LogP contribution in [0.25, 0.3) is 0 Å². The van der Waals surface area contributed by atoms with Crippen LogP contribution in [0, 0.1) is 16.0 Å². The Kier molecular flexibility index (Phi) is 4.62. The lowest BCUT2D eigenvalue weighted by molar-refractivity contribution is -0.380. The van der Waals surface area contributed by atoms with Crippen molar-refractivity contribution in [2.75, 3.05) is 0 Å². The zero-order valence-corrected chi connectivity index (χ0v) is 11.2. The summed E-state index contributed by atoms with van der Waals surface area (Å²) in [5.41, 5.74) is 2.51. The molecule has 1 aliphatic rings. The first-order chi connectivity index (χ1) is 9.16. The van der Waals surface area contributed by atoms with E-state index < -0.39 is 4.92 Å².